The van der Waals surface area contributed by atoms with Crippen molar-refractivity contribution in [3.8, 4) is 0 Å². The molecule has 1 aliphatic rings. The Morgan fingerprint density at radius 2 is 2.22 bits per heavy atom. The second-order valence-electron chi connectivity index (χ2n) is 4.60. The third kappa shape index (κ3) is 2.85. The molecule has 1 amide bonds. The normalized spacial score (nSPS) is 22.9. The van der Waals surface area contributed by atoms with Gasteiger partial charge < -0.3 is 10.4 Å². The number of nitrogens with zero attached hydrogens (tertiary/aromatic N) is 3. The van der Waals surface area contributed by atoms with Crippen LogP contribution >= 0.6 is 0 Å². The summed E-state index contributed by atoms with van der Waals surface area (Å²) in [4.78, 5) is 26.6. The van der Waals surface area contributed by atoms with Crippen molar-refractivity contribution in [2.45, 2.75) is 25.8 Å². The lowest BCUT2D eigenvalue weighted by atomic mass is 10.0. The third-order valence-corrected chi connectivity index (χ3v) is 3.22. The van der Waals surface area contributed by atoms with E-state index in [1.807, 2.05) is 0 Å². The van der Waals surface area contributed by atoms with Crippen molar-refractivity contribution in [3.63, 3.8) is 0 Å². The summed E-state index contributed by atoms with van der Waals surface area (Å²) in [6.07, 6.45) is 3.21. The quantitative estimate of drug-likeness (QED) is 0.782. The van der Waals surface area contributed by atoms with Gasteiger partial charge in [-0.1, -0.05) is 0 Å². The van der Waals surface area contributed by atoms with Gasteiger partial charge >= 0.3 is 5.97 Å². The summed E-state index contributed by atoms with van der Waals surface area (Å²) in [7, 11) is 1.76. The molecule has 0 aromatic carbocycles. The molecule has 98 valence electrons. The Labute approximate surface area is 104 Å². The maximum Gasteiger partial charge on any atom is 0.306 e. The molecule has 1 fully saturated rings. The average molecular weight is 252 g/mol. The molecule has 2 N–H and O–H groups in total. The van der Waals surface area contributed by atoms with E-state index in [1.165, 1.54) is 0 Å². The highest BCUT2D eigenvalue weighted by Crippen LogP contribution is 2.31. The van der Waals surface area contributed by atoms with E-state index in [0.29, 0.717) is 25.1 Å². The topological polar surface area (TPSA) is 97.1 Å². The van der Waals surface area contributed by atoms with Gasteiger partial charge in [0.1, 0.15) is 6.33 Å². The van der Waals surface area contributed by atoms with Gasteiger partial charge in [0.25, 0.3) is 0 Å². The van der Waals surface area contributed by atoms with E-state index in [0.717, 1.165) is 0 Å². The van der Waals surface area contributed by atoms with Gasteiger partial charge in [-0.25, -0.2) is 4.98 Å². The number of carbonyl (C=O) groups is 2. The summed E-state index contributed by atoms with van der Waals surface area (Å²) < 4.78 is 1.57. The van der Waals surface area contributed by atoms with Gasteiger partial charge in [-0.2, -0.15) is 5.10 Å². The minimum absolute atomic E-state index is 0.105. The number of hydrogen-bond donors (Lipinski definition) is 2. The number of rotatable bonds is 4. The van der Waals surface area contributed by atoms with Crippen molar-refractivity contribution in [2.24, 2.45) is 18.9 Å². The Bertz CT molecular complexity index is 457. The molecule has 1 aliphatic carbocycles. The average Bonchev–Trinajstić information content (AvgIpc) is 2.94. The molecule has 1 heterocycles. The summed E-state index contributed by atoms with van der Waals surface area (Å²) in [6.45, 7) is 0.286. The van der Waals surface area contributed by atoms with E-state index in [2.05, 4.69) is 15.4 Å². The predicted molar refractivity (Wildman–Crippen MR) is 61.3 cm³/mol. The molecule has 1 aromatic rings. The molecule has 0 unspecified atom stereocenters. The van der Waals surface area contributed by atoms with Gasteiger partial charge in [0.05, 0.1) is 12.5 Å². The molecule has 0 aliphatic heterocycles. The largest absolute Gasteiger partial charge is 0.481 e. The highest BCUT2D eigenvalue weighted by molar-refractivity contribution is 5.80. The first kappa shape index (κ1) is 12.5. The summed E-state index contributed by atoms with van der Waals surface area (Å²) in [5, 5.41) is 15.7. The third-order valence-electron chi connectivity index (χ3n) is 3.22. The number of carboxylic acids is 1. The first-order valence-electron chi connectivity index (χ1n) is 5.91. The lowest BCUT2D eigenvalue weighted by molar-refractivity contribution is -0.141. The van der Waals surface area contributed by atoms with E-state index < -0.39 is 5.97 Å². The zero-order valence-corrected chi connectivity index (χ0v) is 10.2. The molecule has 2 atom stereocenters. The molecule has 7 nitrogen and oxygen atoms in total. The number of hydrogen-bond acceptors (Lipinski definition) is 4. The summed E-state index contributed by atoms with van der Waals surface area (Å²) >= 11 is 0. The monoisotopic (exact) mass is 252 g/mol. The number of nitrogens with one attached hydrogen (secondary N) is 1. The fourth-order valence-corrected chi connectivity index (χ4v) is 2.22. The molecule has 7 heteroatoms. The Morgan fingerprint density at radius 1 is 1.50 bits per heavy atom. The fourth-order valence-electron chi connectivity index (χ4n) is 2.22. The minimum Gasteiger partial charge on any atom is -0.481 e. The Kier molecular flexibility index (Phi) is 3.59. The summed E-state index contributed by atoms with van der Waals surface area (Å²) in [5.41, 5.74) is 0. The Balaban J connectivity index is 1.80. The van der Waals surface area contributed by atoms with Crippen LogP contribution < -0.4 is 5.32 Å². The van der Waals surface area contributed by atoms with Gasteiger partial charge in [-0.15, -0.1) is 0 Å². The summed E-state index contributed by atoms with van der Waals surface area (Å²) in [5.74, 6) is -0.940. The highest BCUT2D eigenvalue weighted by Gasteiger charge is 2.33. The van der Waals surface area contributed by atoms with Gasteiger partial charge in [0.15, 0.2) is 5.82 Å². The lowest BCUT2D eigenvalue weighted by Gasteiger charge is -2.09. The van der Waals surface area contributed by atoms with E-state index >= 15 is 0 Å². The van der Waals surface area contributed by atoms with Crippen LogP contribution in [0.3, 0.4) is 0 Å². The second-order valence-corrected chi connectivity index (χ2v) is 4.60. The van der Waals surface area contributed by atoms with Crippen LogP contribution in [-0.2, 0) is 23.2 Å². The van der Waals surface area contributed by atoms with Crippen molar-refractivity contribution < 1.29 is 14.7 Å². The SMILES string of the molecule is Cn1cnc(CNC(=O)[C@@H]2CC[C@H](C(=O)O)C2)n1. The van der Waals surface area contributed by atoms with Crippen LogP contribution in [0.5, 0.6) is 0 Å². The van der Waals surface area contributed by atoms with Gasteiger partial charge in [0, 0.05) is 13.0 Å². The zero-order chi connectivity index (χ0) is 13.1. The fraction of sp³-hybridized carbons (Fsp3) is 0.636. The van der Waals surface area contributed by atoms with E-state index in [9.17, 15) is 9.59 Å². The van der Waals surface area contributed by atoms with E-state index in [-0.39, 0.29) is 24.3 Å². The first-order valence-corrected chi connectivity index (χ1v) is 5.91. The maximum atomic E-state index is 11.8. The molecule has 0 spiro atoms. The lowest BCUT2D eigenvalue weighted by Crippen LogP contribution is -2.29. The van der Waals surface area contributed by atoms with Gasteiger partial charge in [-0.05, 0) is 19.3 Å². The smallest absolute Gasteiger partial charge is 0.306 e. The van der Waals surface area contributed by atoms with Crippen LogP contribution in [0.1, 0.15) is 25.1 Å². The molecule has 1 saturated carbocycles. The van der Waals surface area contributed by atoms with Crippen LogP contribution in [0.25, 0.3) is 0 Å². The molecule has 2 rings (SSSR count). The number of aliphatic carboxylic acids is 1. The summed E-state index contributed by atoms with van der Waals surface area (Å²) in [6, 6.07) is 0. The van der Waals surface area contributed by atoms with Crippen molar-refractivity contribution in [1.29, 1.82) is 0 Å². The van der Waals surface area contributed by atoms with E-state index in [1.54, 1.807) is 18.1 Å². The van der Waals surface area contributed by atoms with Crippen LogP contribution in [0.4, 0.5) is 0 Å². The number of carbonyl (C=O) groups excluding carboxylic acids is 1. The molecule has 18 heavy (non-hydrogen) atoms. The van der Waals surface area contributed by atoms with Crippen molar-refractivity contribution in [1.82, 2.24) is 20.1 Å². The molecule has 0 bridgehead atoms. The number of amides is 1. The zero-order valence-electron chi connectivity index (χ0n) is 10.2. The van der Waals surface area contributed by atoms with Crippen LogP contribution in [0.2, 0.25) is 0 Å². The molecule has 0 saturated heterocycles. The number of aromatic nitrogens is 3. The van der Waals surface area contributed by atoms with Gasteiger partial charge in [-0.3, -0.25) is 14.3 Å². The van der Waals surface area contributed by atoms with Crippen LogP contribution in [0, 0.1) is 11.8 Å². The van der Waals surface area contributed by atoms with Crippen LogP contribution in [0.15, 0.2) is 6.33 Å². The maximum absolute atomic E-state index is 11.8. The highest BCUT2D eigenvalue weighted by atomic mass is 16.4. The van der Waals surface area contributed by atoms with Crippen LogP contribution in [-0.4, -0.2) is 31.7 Å². The first-order chi connectivity index (χ1) is 8.56. The van der Waals surface area contributed by atoms with Crippen molar-refractivity contribution in [2.75, 3.05) is 0 Å². The Morgan fingerprint density at radius 3 is 2.78 bits per heavy atom. The minimum atomic E-state index is -0.809. The van der Waals surface area contributed by atoms with Crippen molar-refractivity contribution in [3.05, 3.63) is 12.2 Å². The van der Waals surface area contributed by atoms with Crippen molar-refractivity contribution >= 4 is 11.9 Å². The Hall–Kier alpha value is -1.92. The molecular formula is C11H16N4O3. The second kappa shape index (κ2) is 5.16. The molecule has 1 aromatic heterocycles. The predicted octanol–water partition coefficient (Wildman–Crippen LogP) is -0.0678. The standard InChI is InChI=1S/C11H16N4O3/c1-15-6-13-9(14-15)5-12-10(16)7-2-3-8(4-7)11(17)18/h6-8H,2-5H2,1H3,(H,12,16)(H,17,18)/t7-,8+/m1/s1. The molecule has 0 radical (unpaired) electrons. The van der Waals surface area contributed by atoms with E-state index in [4.69, 9.17) is 5.11 Å². The molecular weight excluding hydrogens is 236 g/mol. The van der Waals surface area contributed by atoms with Gasteiger partial charge in [0.2, 0.25) is 5.91 Å². The number of carboxylic acid groups (broad SMARTS) is 1. The number of aryl methyl sites for hydroxylation is 1.